The van der Waals surface area contributed by atoms with Crippen molar-refractivity contribution in [2.75, 3.05) is 52.8 Å². The van der Waals surface area contributed by atoms with Crippen molar-refractivity contribution in [3.63, 3.8) is 0 Å². The van der Waals surface area contributed by atoms with Crippen molar-refractivity contribution >= 4 is 20.6 Å². The van der Waals surface area contributed by atoms with Gasteiger partial charge in [0, 0.05) is 31.1 Å². The van der Waals surface area contributed by atoms with Gasteiger partial charge in [0.2, 0.25) is 0 Å². The molecule has 1 aliphatic heterocycles. The molecule has 1 rings (SSSR count). The van der Waals surface area contributed by atoms with Crippen molar-refractivity contribution in [1.29, 1.82) is 0 Å². The van der Waals surface area contributed by atoms with Gasteiger partial charge in [-0.2, -0.15) is 12.6 Å². The van der Waals surface area contributed by atoms with E-state index in [9.17, 15) is 0 Å². The molecule has 90 valence electrons. The molecule has 0 saturated carbocycles. The molecule has 2 nitrogen and oxygen atoms in total. The van der Waals surface area contributed by atoms with Gasteiger partial charge in [-0.25, -0.2) is 0 Å². The highest BCUT2D eigenvalue weighted by atomic mass is 32.1. The molecule has 0 aromatic carbocycles. The van der Waals surface area contributed by atoms with E-state index in [-0.39, 0.29) is 12.7 Å². The van der Waals surface area contributed by atoms with Crippen LogP contribution in [0.3, 0.4) is 0 Å². The van der Waals surface area contributed by atoms with E-state index in [1.165, 1.54) is 12.7 Å². The molecule has 4 heteroatoms. The average Bonchev–Trinajstić information content (AvgIpc) is 2.15. The van der Waals surface area contributed by atoms with Gasteiger partial charge in [-0.1, -0.05) is 0 Å². The Bertz CT molecular complexity index is 183. The van der Waals surface area contributed by atoms with Crippen molar-refractivity contribution in [3.05, 3.63) is 0 Å². The lowest BCUT2D eigenvalue weighted by Crippen LogP contribution is -2.42. The lowest BCUT2D eigenvalue weighted by molar-refractivity contribution is 0.0693. The van der Waals surface area contributed by atoms with Crippen LogP contribution in [0.2, 0.25) is 0 Å². The van der Waals surface area contributed by atoms with Gasteiger partial charge in [0.1, 0.15) is 0 Å². The van der Waals surface area contributed by atoms with Crippen molar-refractivity contribution in [1.82, 2.24) is 4.90 Å². The second-order valence-electron chi connectivity index (χ2n) is 4.88. The summed E-state index contributed by atoms with van der Waals surface area (Å²) in [5.41, 5.74) is 0. The molecule has 1 aliphatic rings. The van der Waals surface area contributed by atoms with Crippen molar-refractivity contribution < 1.29 is 4.74 Å². The Morgan fingerprint density at radius 1 is 1.33 bits per heavy atom. The van der Waals surface area contributed by atoms with Crippen LogP contribution in [0.4, 0.5) is 0 Å². The van der Waals surface area contributed by atoms with E-state index in [2.05, 4.69) is 25.3 Å². The van der Waals surface area contributed by atoms with Crippen LogP contribution in [-0.4, -0.2) is 62.5 Å². The van der Waals surface area contributed by atoms with Gasteiger partial charge in [0.25, 0.3) is 0 Å². The normalized spacial score (nSPS) is 21.2. The third-order valence-corrected chi connectivity index (χ3v) is 4.60. The first-order valence-corrected chi connectivity index (χ1v) is 8.52. The number of nitrogens with zero attached hydrogens (tertiary/aromatic N) is 1. The Kier molecular flexibility index (Phi) is 5.91. The summed E-state index contributed by atoms with van der Waals surface area (Å²) >= 11 is 4.82. The molecule has 0 aliphatic carbocycles. The van der Waals surface area contributed by atoms with Crippen molar-refractivity contribution in [2.45, 2.75) is 17.6 Å². The highest BCUT2D eigenvalue weighted by molar-refractivity contribution is 7.81. The highest BCUT2D eigenvalue weighted by Crippen LogP contribution is 2.29. The maximum atomic E-state index is 5.38. The minimum atomic E-state index is 0.192. The maximum absolute atomic E-state index is 5.38. The average molecular weight is 249 g/mol. The number of ether oxygens (including phenoxy) is 1. The van der Waals surface area contributed by atoms with Crippen LogP contribution in [0.5, 0.6) is 0 Å². The summed E-state index contributed by atoms with van der Waals surface area (Å²) in [4.78, 5) is 2.43. The fourth-order valence-corrected chi connectivity index (χ4v) is 3.03. The van der Waals surface area contributed by atoms with Crippen LogP contribution < -0.4 is 0 Å². The predicted octanol–water partition coefficient (Wildman–Crippen LogP) is 2.14. The Labute approximate surface area is 101 Å². The summed E-state index contributed by atoms with van der Waals surface area (Å²) < 4.78 is 5.57. The smallest absolute Gasteiger partial charge is 0.0479 e. The Morgan fingerprint density at radius 3 is 2.47 bits per heavy atom. The van der Waals surface area contributed by atoms with Crippen LogP contribution in [0, 0.1) is 0 Å². The van der Waals surface area contributed by atoms with Gasteiger partial charge in [-0.3, -0.25) is 0 Å². The molecule has 0 atom stereocenters. The Balaban J connectivity index is 2.25. The predicted molar refractivity (Wildman–Crippen MR) is 72.9 cm³/mol. The largest absolute Gasteiger partial charge is 0.381 e. The van der Waals surface area contributed by atoms with Crippen molar-refractivity contribution in [3.8, 4) is 0 Å². The Morgan fingerprint density at radius 2 is 1.93 bits per heavy atom. The topological polar surface area (TPSA) is 12.5 Å². The summed E-state index contributed by atoms with van der Waals surface area (Å²) in [6.45, 7) is 8.75. The first kappa shape index (κ1) is 13.8. The quantitative estimate of drug-likeness (QED) is 0.592. The molecule has 0 bridgehead atoms. The molecule has 1 heterocycles. The molecule has 0 aromatic rings. The second-order valence-corrected chi connectivity index (χ2v) is 8.43. The lowest BCUT2D eigenvalue weighted by Gasteiger charge is -2.36. The second kappa shape index (κ2) is 6.44. The molecule has 0 N–H and O–H groups in total. The zero-order valence-corrected chi connectivity index (χ0v) is 12.0. The number of rotatable bonds is 5. The van der Waals surface area contributed by atoms with E-state index < -0.39 is 0 Å². The van der Waals surface area contributed by atoms with E-state index in [0.29, 0.717) is 0 Å². The summed E-state index contributed by atoms with van der Waals surface area (Å²) in [5, 5.41) is 0. The van der Waals surface area contributed by atoms with E-state index in [1.807, 2.05) is 0 Å². The molecule has 1 fully saturated rings. The van der Waals surface area contributed by atoms with Gasteiger partial charge < -0.3 is 9.64 Å². The highest BCUT2D eigenvalue weighted by Gasteiger charge is 2.29. The number of thiol groups is 1. The Hall–Kier alpha value is 0.700. The molecular weight excluding hydrogens is 225 g/mol. The fourth-order valence-electron chi connectivity index (χ4n) is 1.86. The van der Waals surface area contributed by atoms with Crippen molar-refractivity contribution in [2.24, 2.45) is 0 Å². The SMILES string of the molecule is CN(CCP(C)C)CC1(S)CCOCC1. The molecule has 0 amide bonds. The molecule has 1 saturated heterocycles. The van der Waals surface area contributed by atoms with Crippen LogP contribution in [0.15, 0.2) is 0 Å². The zero-order valence-electron chi connectivity index (χ0n) is 10.2. The monoisotopic (exact) mass is 249 g/mol. The first-order valence-electron chi connectivity index (χ1n) is 5.65. The van der Waals surface area contributed by atoms with E-state index in [4.69, 9.17) is 17.4 Å². The number of hydrogen-bond donors (Lipinski definition) is 1. The van der Waals surface area contributed by atoms with Gasteiger partial charge in [-0.15, -0.1) is 7.92 Å². The third kappa shape index (κ3) is 5.53. The minimum Gasteiger partial charge on any atom is -0.381 e. The molecular formula is C11H24NOPS. The fraction of sp³-hybridized carbons (Fsp3) is 1.00. The van der Waals surface area contributed by atoms with Crippen LogP contribution in [0.25, 0.3) is 0 Å². The molecule has 0 aromatic heterocycles. The third-order valence-electron chi connectivity index (χ3n) is 2.92. The lowest BCUT2D eigenvalue weighted by atomic mass is 9.98. The number of hydrogen-bond acceptors (Lipinski definition) is 3. The molecule has 0 unspecified atom stereocenters. The summed E-state index contributed by atoms with van der Waals surface area (Å²) in [5.74, 6) is 0. The van der Waals surface area contributed by atoms with Crippen LogP contribution in [0.1, 0.15) is 12.8 Å². The molecule has 0 radical (unpaired) electrons. The summed E-state index contributed by atoms with van der Waals surface area (Å²) in [6.07, 6.45) is 3.52. The van der Waals surface area contributed by atoms with Gasteiger partial charge >= 0.3 is 0 Å². The van der Waals surface area contributed by atoms with Crippen LogP contribution in [-0.2, 0) is 4.74 Å². The van der Waals surface area contributed by atoms with Crippen LogP contribution >= 0.6 is 20.6 Å². The summed E-state index contributed by atoms with van der Waals surface area (Å²) in [7, 11) is 2.45. The van der Waals surface area contributed by atoms with Gasteiger partial charge in [0.15, 0.2) is 0 Å². The van der Waals surface area contributed by atoms with E-state index in [0.717, 1.165) is 32.6 Å². The van der Waals surface area contributed by atoms with E-state index >= 15 is 0 Å². The minimum absolute atomic E-state index is 0.192. The standard InChI is InChI=1S/C11H24NOPS/c1-12(6-9-14(2)3)10-11(15)4-7-13-8-5-11/h15H,4-10H2,1-3H3. The molecule has 0 spiro atoms. The first-order chi connectivity index (χ1) is 7.02. The zero-order chi connectivity index (χ0) is 11.3. The van der Waals surface area contributed by atoms with Gasteiger partial charge in [-0.05, 0) is 39.4 Å². The summed E-state index contributed by atoms with van der Waals surface area (Å²) in [6, 6.07) is 0. The molecule has 15 heavy (non-hydrogen) atoms. The maximum Gasteiger partial charge on any atom is 0.0479 e. The van der Waals surface area contributed by atoms with E-state index in [1.54, 1.807) is 0 Å². The van der Waals surface area contributed by atoms with Gasteiger partial charge in [0.05, 0.1) is 0 Å².